The molecule has 0 saturated heterocycles. The van der Waals surface area contributed by atoms with Crippen molar-refractivity contribution >= 4 is 17.1 Å². The number of phenols is 2. The van der Waals surface area contributed by atoms with E-state index in [0.717, 1.165) is 16.5 Å². The van der Waals surface area contributed by atoms with Gasteiger partial charge in [0.1, 0.15) is 0 Å². The lowest BCUT2D eigenvalue weighted by atomic mass is 10.1. The molecule has 112 valence electrons. The summed E-state index contributed by atoms with van der Waals surface area (Å²) in [6.07, 6.45) is 2.28. The molecule has 0 aliphatic rings. The number of nitrogens with one attached hydrogen (secondary N) is 1. The Bertz CT molecular complexity index is 837. The van der Waals surface area contributed by atoms with E-state index < -0.39 is 0 Å². The molecule has 2 aromatic carbocycles. The van der Waals surface area contributed by atoms with E-state index in [0.29, 0.717) is 18.5 Å². The van der Waals surface area contributed by atoms with Crippen molar-refractivity contribution < 1.29 is 15.3 Å². The van der Waals surface area contributed by atoms with Crippen molar-refractivity contribution in [3.8, 4) is 17.4 Å². The van der Waals surface area contributed by atoms with Crippen LogP contribution in [0.3, 0.4) is 0 Å². The highest BCUT2D eigenvalue weighted by Gasteiger charge is 2.07. The normalized spacial score (nSPS) is 11.5. The standard InChI is InChI=1S/C17H16N2O3/c20-15-6-5-11(9-16(15)21)7-8-18-10-13-12-3-1-2-4-14(12)19-17(13)22/h1-6,9-10,19-22H,7-8H2. The molecule has 0 saturated carbocycles. The number of phenolic OH excluding ortho intramolecular Hbond substituents is 2. The van der Waals surface area contributed by atoms with Gasteiger partial charge >= 0.3 is 0 Å². The van der Waals surface area contributed by atoms with Crippen molar-refractivity contribution in [2.24, 2.45) is 4.99 Å². The van der Waals surface area contributed by atoms with Gasteiger partial charge in [-0.25, -0.2) is 0 Å². The van der Waals surface area contributed by atoms with Crippen molar-refractivity contribution in [2.45, 2.75) is 6.42 Å². The molecule has 1 aromatic heterocycles. The maximum Gasteiger partial charge on any atom is 0.198 e. The Balaban J connectivity index is 1.71. The van der Waals surface area contributed by atoms with Crippen LogP contribution < -0.4 is 0 Å². The Morgan fingerprint density at radius 3 is 2.64 bits per heavy atom. The minimum Gasteiger partial charge on any atom is -0.504 e. The number of aromatic hydroxyl groups is 3. The number of benzene rings is 2. The van der Waals surface area contributed by atoms with Crippen LogP contribution in [-0.4, -0.2) is 33.1 Å². The number of aromatic amines is 1. The monoisotopic (exact) mass is 296 g/mol. The third-order valence-corrected chi connectivity index (χ3v) is 3.52. The number of fused-ring (bicyclic) bond motifs is 1. The van der Waals surface area contributed by atoms with Crippen LogP contribution in [0.15, 0.2) is 47.5 Å². The van der Waals surface area contributed by atoms with E-state index in [1.807, 2.05) is 24.3 Å². The fourth-order valence-corrected chi connectivity index (χ4v) is 2.35. The van der Waals surface area contributed by atoms with Gasteiger partial charge in [-0.1, -0.05) is 24.3 Å². The Morgan fingerprint density at radius 2 is 1.82 bits per heavy atom. The molecule has 0 aliphatic carbocycles. The average Bonchev–Trinajstić information content (AvgIpc) is 2.83. The zero-order valence-electron chi connectivity index (χ0n) is 11.8. The lowest BCUT2D eigenvalue weighted by Crippen LogP contribution is -1.90. The fourth-order valence-electron chi connectivity index (χ4n) is 2.35. The minimum absolute atomic E-state index is 0.104. The first-order valence-corrected chi connectivity index (χ1v) is 6.95. The van der Waals surface area contributed by atoms with Crippen LogP contribution in [-0.2, 0) is 6.42 Å². The highest BCUT2D eigenvalue weighted by molar-refractivity contribution is 6.01. The van der Waals surface area contributed by atoms with Gasteiger partial charge in [0.15, 0.2) is 17.4 Å². The number of hydrogen-bond acceptors (Lipinski definition) is 4. The Hall–Kier alpha value is -2.95. The Kier molecular flexibility index (Phi) is 3.70. The fraction of sp³-hybridized carbons (Fsp3) is 0.118. The summed E-state index contributed by atoms with van der Waals surface area (Å²) in [5.41, 5.74) is 2.42. The SMILES string of the molecule is Oc1ccc(CCN=Cc2c(O)[nH]c3ccccc23)cc1O. The number of aliphatic imine (C=N–C) groups is 1. The maximum atomic E-state index is 9.91. The smallest absolute Gasteiger partial charge is 0.198 e. The predicted octanol–water partition coefficient (Wildman–Crippen LogP) is 2.95. The lowest BCUT2D eigenvalue weighted by Gasteiger charge is -2.01. The van der Waals surface area contributed by atoms with E-state index in [1.54, 1.807) is 12.3 Å². The van der Waals surface area contributed by atoms with E-state index in [1.165, 1.54) is 12.1 Å². The van der Waals surface area contributed by atoms with Gasteiger partial charge in [-0.3, -0.25) is 4.99 Å². The Morgan fingerprint density at radius 1 is 1.00 bits per heavy atom. The molecule has 0 aliphatic heterocycles. The third-order valence-electron chi connectivity index (χ3n) is 3.52. The molecular formula is C17H16N2O3. The van der Waals surface area contributed by atoms with Crippen LogP contribution in [0.4, 0.5) is 0 Å². The van der Waals surface area contributed by atoms with Gasteiger partial charge in [0.05, 0.1) is 5.56 Å². The van der Waals surface area contributed by atoms with Gasteiger partial charge in [0, 0.05) is 23.7 Å². The summed E-state index contributed by atoms with van der Waals surface area (Å²) in [6.45, 7) is 0.517. The van der Waals surface area contributed by atoms with Crippen molar-refractivity contribution in [3.05, 3.63) is 53.6 Å². The van der Waals surface area contributed by atoms with Crippen molar-refractivity contribution in [1.82, 2.24) is 4.98 Å². The van der Waals surface area contributed by atoms with Crippen LogP contribution in [0.5, 0.6) is 17.4 Å². The number of para-hydroxylation sites is 1. The second-order valence-electron chi connectivity index (χ2n) is 5.04. The average molecular weight is 296 g/mol. The minimum atomic E-state index is -0.129. The summed E-state index contributed by atoms with van der Waals surface area (Å²) in [7, 11) is 0. The van der Waals surface area contributed by atoms with Gasteiger partial charge in [-0.15, -0.1) is 0 Å². The molecule has 0 amide bonds. The van der Waals surface area contributed by atoms with Gasteiger partial charge in [-0.2, -0.15) is 0 Å². The molecule has 0 bridgehead atoms. The number of hydrogen-bond donors (Lipinski definition) is 4. The quantitative estimate of drug-likeness (QED) is 0.441. The van der Waals surface area contributed by atoms with Crippen molar-refractivity contribution in [2.75, 3.05) is 6.54 Å². The molecule has 0 spiro atoms. The van der Waals surface area contributed by atoms with Crippen molar-refractivity contribution in [1.29, 1.82) is 0 Å². The molecule has 1 heterocycles. The predicted molar refractivity (Wildman–Crippen MR) is 85.9 cm³/mol. The van der Waals surface area contributed by atoms with Gasteiger partial charge in [0.2, 0.25) is 0 Å². The molecule has 4 N–H and O–H groups in total. The summed E-state index contributed by atoms with van der Waals surface area (Å²) < 4.78 is 0. The molecule has 0 fully saturated rings. The largest absolute Gasteiger partial charge is 0.504 e. The highest BCUT2D eigenvalue weighted by atomic mass is 16.3. The molecule has 0 radical (unpaired) electrons. The number of H-pyrrole nitrogens is 1. The van der Waals surface area contributed by atoms with Gasteiger partial charge in [-0.05, 0) is 30.2 Å². The molecule has 3 rings (SSSR count). The first-order chi connectivity index (χ1) is 10.6. The van der Waals surface area contributed by atoms with Crippen molar-refractivity contribution in [3.63, 3.8) is 0 Å². The zero-order valence-corrected chi connectivity index (χ0v) is 11.8. The van der Waals surface area contributed by atoms with Crippen LogP contribution in [0.25, 0.3) is 10.9 Å². The number of nitrogens with zero attached hydrogens (tertiary/aromatic N) is 1. The highest BCUT2D eigenvalue weighted by Crippen LogP contribution is 2.26. The molecule has 5 nitrogen and oxygen atoms in total. The summed E-state index contributed by atoms with van der Waals surface area (Å²) in [5.74, 6) is -0.154. The van der Waals surface area contributed by atoms with E-state index in [4.69, 9.17) is 0 Å². The van der Waals surface area contributed by atoms with Crippen LogP contribution in [0.2, 0.25) is 0 Å². The topological polar surface area (TPSA) is 88.8 Å². The molecule has 5 heteroatoms. The summed E-state index contributed by atoms with van der Waals surface area (Å²) in [5, 5.41) is 29.5. The summed E-state index contributed by atoms with van der Waals surface area (Å²) in [4.78, 5) is 7.23. The number of rotatable bonds is 4. The summed E-state index contributed by atoms with van der Waals surface area (Å²) in [6, 6.07) is 12.3. The maximum absolute atomic E-state index is 9.91. The van der Waals surface area contributed by atoms with Crippen LogP contribution >= 0.6 is 0 Å². The lowest BCUT2D eigenvalue weighted by molar-refractivity contribution is 0.403. The summed E-state index contributed by atoms with van der Waals surface area (Å²) >= 11 is 0. The zero-order chi connectivity index (χ0) is 15.5. The van der Waals surface area contributed by atoms with Crippen LogP contribution in [0.1, 0.15) is 11.1 Å². The van der Waals surface area contributed by atoms with Gasteiger partial charge in [0.25, 0.3) is 0 Å². The first kappa shape index (κ1) is 14.0. The molecule has 0 unspecified atom stereocenters. The van der Waals surface area contributed by atoms with E-state index in [2.05, 4.69) is 9.98 Å². The van der Waals surface area contributed by atoms with Gasteiger partial charge < -0.3 is 20.3 Å². The molecule has 22 heavy (non-hydrogen) atoms. The van der Waals surface area contributed by atoms with E-state index in [-0.39, 0.29) is 17.4 Å². The van der Waals surface area contributed by atoms with E-state index in [9.17, 15) is 15.3 Å². The Labute approximate surface area is 127 Å². The number of aromatic nitrogens is 1. The molecular weight excluding hydrogens is 280 g/mol. The molecule has 0 atom stereocenters. The van der Waals surface area contributed by atoms with Crippen LogP contribution in [0, 0.1) is 0 Å². The third kappa shape index (κ3) is 2.74. The first-order valence-electron chi connectivity index (χ1n) is 6.95. The van der Waals surface area contributed by atoms with E-state index >= 15 is 0 Å². The second kappa shape index (κ2) is 5.81. The molecule has 3 aromatic rings. The second-order valence-corrected chi connectivity index (χ2v) is 5.04.